The minimum absolute atomic E-state index is 0.515. The first-order valence-electron chi connectivity index (χ1n) is 6.62. The Morgan fingerprint density at radius 2 is 2.11 bits per heavy atom. The predicted molar refractivity (Wildman–Crippen MR) is 78.3 cm³/mol. The lowest BCUT2D eigenvalue weighted by Crippen LogP contribution is -2.30. The maximum Gasteiger partial charge on any atom is 0.161 e. The van der Waals surface area contributed by atoms with Crippen molar-refractivity contribution in [1.29, 1.82) is 0 Å². The molecule has 96 valence electrons. The maximum absolute atomic E-state index is 4.73. The van der Waals surface area contributed by atoms with Crippen LogP contribution in [0.5, 0.6) is 0 Å². The van der Waals surface area contributed by atoms with Gasteiger partial charge < -0.3 is 5.32 Å². The number of amidine groups is 1. The van der Waals surface area contributed by atoms with E-state index in [1.54, 1.807) is 0 Å². The van der Waals surface area contributed by atoms with Gasteiger partial charge in [-0.05, 0) is 36.8 Å². The second-order valence-corrected chi connectivity index (χ2v) is 6.46. The molecule has 4 heteroatoms. The zero-order chi connectivity index (χ0) is 12.4. The number of anilines is 1. The highest BCUT2D eigenvalue weighted by molar-refractivity contribution is 8.14. The minimum atomic E-state index is 0.515. The number of nitrogens with zero attached hydrogens (tertiary/aromatic N) is 2. The Bertz CT molecular complexity index is 464. The SMILES string of the molecule is Cc1cncc(NC2=NCC3(CCCC3)CS2)c1. The Hall–Kier alpha value is -1.03. The fraction of sp³-hybridized carbons (Fsp3) is 0.571. The number of aryl methyl sites for hydroxylation is 1. The van der Waals surface area contributed by atoms with Crippen LogP contribution >= 0.6 is 11.8 Å². The Kier molecular flexibility index (Phi) is 3.29. The molecule has 0 radical (unpaired) electrons. The molecule has 3 nitrogen and oxygen atoms in total. The summed E-state index contributed by atoms with van der Waals surface area (Å²) in [7, 11) is 0. The van der Waals surface area contributed by atoms with E-state index in [1.807, 2.05) is 24.2 Å². The van der Waals surface area contributed by atoms with Crippen LogP contribution in [0.2, 0.25) is 0 Å². The van der Waals surface area contributed by atoms with Crippen LogP contribution in [-0.2, 0) is 0 Å². The molecule has 0 amide bonds. The van der Waals surface area contributed by atoms with Crippen molar-refractivity contribution < 1.29 is 0 Å². The summed E-state index contributed by atoms with van der Waals surface area (Å²) in [5.74, 6) is 1.22. The van der Waals surface area contributed by atoms with Gasteiger partial charge in [-0.15, -0.1) is 0 Å². The molecule has 0 bridgehead atoms. The number of thioether (sulfide) groups is 1. The Balaban J connectivity index is 1.66. The van der Waals surface area contributed by atoms with Gasteiger partial charge in [0, 0.05) is 18.5 Å². The summed E-state index contributed by atoms with van der Waals surface area (Å²) in [6.07, 6.45) is 9.23. The standard InChI is InChI=1S/C14H19N3S/c1-11-6-12(8-15-7-11)17-13-16-9-14(10-18-13)4-2-3-5-14/h6-8H,2-5,9-10H2,1H3,(H,16,17). The van der Waals surface area contributed by atoms with Gasteiger partial charge in [-0.2, -0.15) is 0 Å². The van der Waals surface area contributed by atoms with Crippen molar-refractivity contribution in [2.24, 2.45) is 10.4 Å². The van der Waals surface area contributed by atoms with E-state index in [0.29, 0.717) is 5.41 Å². The van der Waals surface area contributed by atoms with Crippen molar-refractivity contribution in [3.05, 3.63) is 24.0 Å². The highest BCUT2D eigenvalue weighted by Crippen LogP contribution is 2.43. The van der Waals surface area contributed by atoms with E-state index in [2.05, 4.69) is 23.3 Å². The van der Waals surface area contributed by atoms with Crippen molar-refractivity contribution >= 4 is 22.6 Å². The maximum atomic E-state index is 4.73. The van der Waals surface area contributed by atoms with Gasteiger partial charge in [0.1, 0.15) is 0 Å². The zero-order valence-corrected chi connectivity index (χ0v) is 11.6. The van der Waals surface area contributed by atoms with Crippen LogP contribution in [0.25, 0.3) is 0 Å². The molecule has 1 spiro atoms. The van der Waals surface area contributed by atoms with E-state index in [0.717, 1.165) is 17.4 Å². The van der Waals surface area contributed by atoms with Gasteiger partial charge in [0.05, 0.1) is 11.9 Å². The van der Waals surface area contributed by atoms with Gasteiger partial charge in [-0.3, -0.25) is 9.98 Å². The summed E-state index contributed by atoms with van der Waals surface area (Å²) >= 11 is 1.87. The number of rotatable bonds is 1. The van der Waals surface area contributed by atoms with Crippen molar-refractivity contribution in [1.82, 2.24) is 4.98 Å². The molecule has 2 aliphatic rings. The van der Waals surface area contributed by atoms with E-state index in [9.17, 15) is 0 Å². The van der Waals surface area contributed by atoms with Gasteiger partial charge in [0.2, 0.25) is 0 Å². The van der Waals surface area contributed by atoms with Crippen molar-refractivity contribution in [2.75, 3.05) is 17.6 Å². The number of hydrogen-bond donors (Lipinski definition) is 1. The number of aliphatic imine (C=N–C) groups is 1. The molecular weight excluding hydrogens is 242 g/mol. The fourth-order valence-electron chi connectivity index (χ4n) is 2.80. The number of aromatic nitrogens is 1. The van der Waals surface area contributed by atoms with E-state index in [1.165, 1.54) is 37.0 Å². The first-order valence-corrected chi connectivity index (χ1v) is 7.60. The highest BCUT2D eigenvalue weighted by atomic mass is 32.2. The summed E-state index contributed by atoms with van der Waals surface area (Å²) in [4.78, 5) is 8.92. The van der Waals surface area contributed by atoms with E-state index < -0.39 is 0 Å². The third-order valence-electron chi connectivity index (χ3n) is 3.86. The Morgan fingerprint density at radius 1 is 1.28 bits per heavy atom. The molecule has 0 aromatic carbocycles. The van der Waals surface area contributed by atoms with Crippen molar-refractivity contribution in [3.8, 4) is 0 Å². The summed E-state index contributed by atoms with van der Waals surface area (Å²) in [6, 6.07) is 2.11. The minimum Gasteiger partial charge on any atom is -0.334 e. The molecule has 1 aliphatic carbocycles. The van der Waals surface area contributed by atoms with Crippen LogP contribution < -0.4 is 5.32 Å². The van der Waals surface area contributed by atoms with Crippen molar-refractivity contribution in [2.45, 2.75) is 32.6 Å². The van der Waals surface area contributed by atoms with Gasteiger partial charge in [0.25, 0.3) is 0 Å². The second kappa shape index (κ2) is 4.92. The monoisotopic (exact) mass is 261 g/mol. The molecule has 1 N–H and O–H groups in total. The second-order valence-electron chi connectivity index (χ2n) is 5.49. The molecule has 1 saturated carbocycles. The summed E-state index contributed by atoms with van der Waals surface area (Å²) in [5.41, 5.74) is 2.73. The largest absolute Gasteiger partial charge is 0.334 e. The third kappa shape index (κ3) is 2.53. The lowest BCUT2D eigenvalue weighted by Gasteiger charge is -2.31. The van der Waals surface area contributed by atoms with Crippen LogP contribution in [-0.4, -0.2) is 22.4 Å². The number of hydrogen-bond acceptors (Lipinski definition) is 4. The summed E-state index contributed by atoms with van der Waals surface area (Å²) in [6.45, 7) is 3.06. The van der Waals surface area contributed by atoms with Crippen LogP contribution in [0, 0.1) is 12.3 Å². The third-order valence-corrected chi connectivity index (χ3v) is 5.12. The predicted octanol–water partition coefficient (Wildman–Crippen LogP) is 3.47. The topological polar surface area (TPSA) is 37.3 Å². The van der Waals surface area contributed by atoms with Gasteiger partial charge in [0.15, 0.2) is 5.17 Å². The molecule has 1 aromatic rings. The molecule has 0 saturated heterocycles. The molecule has 1 aliphatic heterocycles. The van der Waals surface area contributed by atoms with E-state index >= 15 is 0 Å². The van der Waals surface area contributed by atoms with Crippen LogP contribution in [0.1, 0.15) is 31.2 Å². The normalized spacial score (nSPS) is 21.9. The van der Waals surface area contributed by atoms with E-state index in [4.69, 9.17) is 4.99 Å². The first-order chi connectivity index (χ1) is 8.76. The quantitative estimate of drug-likeness (QED) is 0.841. The smallest absolute Gasteiger partial charge is 0.161 e. The van der Waals surface area contributed by atoms with Crippen LogP contribution in [0.3, 0.4) is 0 Å². The van der Waals surface area contributed by atoms with Gasteiger partial charge >= 0.3 is 0 Å². The molecule has 0 unspecified atom stereocenters. The average Bonchev–Trinajstić information content (AvgIpc) is 2.81. The fourth-order valence-corrected chi connectivity index (χ4v) is 3.97. The van der Waals surface area contributed by atoms with Gasteiger partial charge in [-0.25, -0.2) is 0 Å². The molecule has 1 fully saturated rings. The number of pyridine rings is 1. The average molecular weight is 261 g/mol. The van der Waals surface area contributed by atoms with Crippen molar-refractivity contribution in [3.63, 3.8) is 0 Å². The number of nitrogens with one attached hydrogen (secondary N) is 1. The van der Waals surface area contributed by atoms with Gasteiger partial charge in [-0.1, -0.05) is 24.6 Å². The lowest BCUT2D eigenvalue weighted by atomic mass is 9.89. The molecule has 1 aromatic heterocycles. The molecular formula is C14H19N3S. The molecule has 2 heterocycles. The highest BCUT2D eigenvalue weighted by Gasteiger charge is 2.36. The molecule has 18 heavy (non-hydrogen) atoms. The zero-order valence-electron chi connectivity index (χ0n) is 10.8. The molecule has 0 atom stereocenters. The summed E-state index contributed by atoms with van der Waals surface area (Å²) in [5, 5.41) is 4.43. The summed E-state index contributed by atoms with van der Waals surface area (Å²) < 4.78 is 0. The van der Waals surface area contributed by atoms with Crippen LogP contribution in [0.4, 0.5) is 5.69 Å². The molecule has 3 rings (SSSR count). The Labute approximate surface area is 112 Å². The Morgan fingerprint density at radius 3 is 2.78 bits per heavy atom. The van der Waals surface area contributed by atoms with Crippen LogP contribution in [0.15, 0.2) is 23.5 Å². The van der Waals surface area contributed by atoms with E-state index in [-0.39, 0.29) is 0 Å². The lowest BCUT2D eigenvalue weighted by molar-refractivity contribution is 0.359. The first kappa shape index (κ1) is 12.0.